The normalized spacial score (nSPS) is 14.4. The Balaban J connectivity index is 1.61. The van der Waals surface area contributed by atoms with Crippen molar-refractivity contribution in [2.24, 2.45) is 0 Å². The number of aliphatic carboxylic acids is 1. The van der Waals surface area contributed by atoms with Crippen molar-refractivity contribution in [3.8, 4) is 11.1 Å². The van der Waals surface area contributed by atoms with Gasteiger partial charge in [-0.25, -0.2) is 4.79 Å². The minimum Gasteiger partial charge on any atom is -0.480 e. The van der Waals surface area contributed by atoms with Gasteiger partial charge >= 0.3 is 12.1 Å². The van der Waals surface area contributed by atoms with E-state index in [0.29, 0.717) is 0 Å². The van der Waals surface area contributed by atoms with Crippen LogP contribution in [0.1, 0.15) is 30.9 Å². The Morgan fingerprint density at radius 3 is 2.00 bits per heavy atom. The van der Waals surface area contributed by atoms with Crippen molar-refractivity contribution < 1.29 is 24.2 Å². The van der Waals surface area contributed by atoms with E-state index in [0.717, 1.165) is 22.3 Å². The van der Waals surface area contributed by atoms with E-state index in [1.54, 1.807) is 0 Å². The van der Waals surface area contributed by atoms with Crippen LogP contribution in [0.15, 0.2) is 48.5 Å². The second-order valence-corrected chi connectivity index (χ2v) is 6.76. The first-order valence-electron chi connectivity index (χ1n) is 9.03. The number of nitrogens with one attached hydrogen (secondary N) is 2. The minimum atomic E-state index is -1.15. The maximum absolute atomic E-state index is 12.1. The summed E-state index contributed by atoms with van der Waals surface area (Å²) in [5.74, 6) is -1.82. The molecule has 0 saturated heterocycles. The summed E-state index contributed by atoms with van der Waals surface area (Å²) in [5.41, 5.74) is 4.44. The van der Waals surface area contributed by atoms with Crippen molar-refractivity contribution in [1.29, 1.82) is 0 Å². The number of amides is 2. The van der Waals surface area contributed by atoms with Crippen LogP contribution in [-0.2, 0) is 14.3 Å². The van der Waals surface area contributed by atoms with Crippen LogP contribution in [0.4, 0.5) is 4.79 Å². The summed E-state index contributed by atoms with van der Waals surface area (Å²) in [6.45, 7) is 2.95. The van der Waals surface area contributed by atoms with Gasteiger partial charge in [0.15, 0.2) is 0 Å². The number of hydrogen-bond acceptors (Lipinski definition) is 4. The summed E-state index contributed by atoms with van der Waals surface area (Å²) >= 11 is 0. The molecule has 146 valence electrons. The summed E-state index contributed by atoms with van der Waals surface area (Å²) in [5, 5.41) is 13.6. The van der Waals surface area contributed by atoms with Gasteiger partial charge in [0, 0.05) is 5.92 Å². The molecule has 2 aromatic rings. The lowest BCUT2D eigenvalue weighted by atomic mass is 9.98. The molecule has 0 aromatic heterocycles. The minimum absolute atomic E-state index is 0.0747. The van der Waals surface area contributed by atoms with Gasteiger partial charge in [0.1, 0.15) is 18.7 Å². The number of carbonyl (C=O) groups excluding carboxylic acids is 2. The number of carbonyl (C=O) groups is 3. The Labute approximate surface area is 162 Å². The van der Waals surface area contributed by atoms with Gasteiger partial charge in [0.25, 0.3) is 0 Å². The first-order valence-corrected chi connectivity index (χ1v) is 9.03. The lowest BCUT2D eigenvalue weighted by molar-refractivity contribution is -0.141. The summed E-state index contributed by atoms with van der Waals surface area (Å²) < 4.78 is 5.37. The zero-order valence-corrected chi connectivity index (χ0v) is 15.6. The van der Waals surface area contributed by atoms with Crippen molar-refractivity contribution in [2.75, 3.05) is 6.61 Å². The molecule has 3 rings (SSSR count). The van der Waals surface area contributed by atoms with E-state index in [-0.39, 0.29) is 12.5 Å². The van der Waals surface area contributed by atoms with Crippen LogP contribution < -0.4 is 10.6 Å². The smallest absolute Gasteiger partial charge is 0.407 e. The number of ether oxygens (including phenoxy) is 1. The fourth-order valence-corrected chi connectivity index (χ4v) is 3.28. The van der Waals surface area contributed by atoms with Crippen LogP contribution in [0.25, 0.3) is 11.1 Å². The third kappa shape index (κ3) is 3.98. The van der Waals surface area contributed by atoms with E-state index in [1.807, 2.05) is 48.5 Å². The van der Waals surface area contributed by atoms with E-state index >= 15 is 0 Å². The van der Waals surface area contributed by atoms with E-state index < -0.39 is 30.1 Å². The number of alkyl carbamates (subject to hydrolysis) is 1. The molecule has 0 saturated carbocycles. The SMILES string of the molecule is C[C@H](NC(=O)[C@@H](C)NC(=O)OCC1c2ccccc2-c2ccccc21)C(=O)O. The largest absolute Gasteiger partial charge is 0.480 e. The molecule has 7 heteroatoms. The Hall–Kier alpha value is -3.35. The molecule has 1 aliphatic carbocycles. The zero-order valence-electron chi connectivity index (χ0n) is 15.6. The fraction of sp³-hybridized carbons (Fsp3) is 0.286. The number of rotatable bonds is 6. The Morgan fingerprint density at radius 2 is 1.46 bits per heavy atom. The maximum Gasteiger partial charge on any atom is 0.407 e. The monoisotopic (exact) mass is 382 g/mol. The molecule has 2 aromatic carbocycles. The maximum atomic E-state index is 12.1. The quantitative estimate of drug-likeness (QED) is 0.712. The molecule has 0 radical (unpaired) electrons. The number of benzene rings is 2. The van der Waals surface area contributed by atoms with Gasteiger partial charge in [-0.15, -0.1) is 0 Å². The van der Waals surface area contributed by atoms with Gasteiger partial charge in [-0.05, 0) is 36.1 Å². The topological polar surface area (TPSA) is 105 Å². The molecule has 2 atom stereocenters. The van der Waals surface area contributed by atoms with Gasteiger partial charge in [0.05, 0.1) is 0 Å². The Kier molecular flexibility index (Phi) is 5.63. The molecule has 0 bridgehead atoms. The van der Waals surface area contributed by atoms with Crippen molar-refractivity contribution in [3.63, 3.8) is 0 Å². The number of carboxylic acids is 1. The van der Waals surface area contributed by atoms with Gasteiger partial charge in [-0.3, -0.25) is 9.59 Å². The highest BCUT2D eigenvalue weighted by atomic mass is 16.5. The average molecular weight is 382 g/mol. The molecule has 3 N–H and O–H groups in total. The Bertz CT molecular complexity index is 866. The summed E-state index contributed by atoms with van der Waals surface area (Å²) in [6.07, 6.45) is -0.729. The Morgan fingerprint density at radius 1 is 0.929 bits per heavy atom. The second kappa shape index (κ2) is 8.12. The predicted octanol–water partition coefficient (Wildman–Crippen LogP) is 2.50. The van der Waals surface area contributed by atoms with Gasteiger partial charge in [0.2, 0.25) is 5.91 Å². The lowest BCUT2D eigenvalue weighted by Gasteiger charge is -2.18. The molecule has 0 heterocycles. The van der Waals surface area contributed by atoms with Crippen LogP contribution in [0.3, 0.4) is 0 Å². The van der Waals surface area contributed by atoms with Crippen LogP contribution in [-0.4, -0.2) is 41.8 Å². The van der Waals surface area contributed by atoms with Gasteiger partial charge < -0.3 is 20.5 Å². The van der Waals surface area contributed by atoms with Crippen molar-refractivity contribution in [1.82, 2.24) is 10.6 Å². The molecule has 0 fully saturated rings. The third-order valence-electron chi connectivity index (χ3n) is 4.80. The first-order chi connectivity index (χ1) is 13.4. The molecule has 7 nitrogen and oxygen atoms in total. The summed E-state index contributed by atoms with van der Waals surface area (Å²) in [6, 6.07) is 14.0. The fourth-order valence-electron chi connectivity index (χ4n) is 3.28. The van der Waals surface area contributed by atoms with E-state index in [2.05, 4.69) is 10.6 Å². The van der Waals surface area contributed by atoms with Gasteiger partial charge in [-0.1, -0.05) is 48.5 Å². The highest BCUT2D eigenvalue weighted by molar-refractivity contribution is 5.88. The first kappa shape index (κ1) is 19.4. The zero-order chi connectivity index (χ0) is 20.3. The third-order valence-corrected chi connectivity index (χ3v) is 4.80. The summed E-state index contributed by atoms with van der Waals surface area (Å²) in [7, 11) is 0. The van der Waals surface area contributed by atoms with E-state index in [1.165, 1.54) is 13.8 Å². The summed E-state index contributed by atoms with van der Waals surface area (Å²) in [4.78, 5) is 34.9. The highest BCUT2D eigenvalue weighted by Crippen LogP contribution is 2.44. The molecule has 0 spiro atoms. The second-order valence-electron chi connectivity index (χ2n) is 6.76. The molecule has 1 aliphatic rings. The molecule has 28 heavy (non-hydrogen) atoms. The van der Waals surface area contributed by atoms with Crippen LogP contribution >= 0.6 is 0 Å². The number of carboxylic acid groups (broad SMARTS) is 1. The lowest BCUT2D eigenvalue weighted by Crippen LogP contribution is -2.49. The molecule has 2 amide bonds. The van der Waals surface area contributed by atoms with Gasteiger partial charge in [-0.2, -0.15) is 0 Å². The van der Waals surface area contributed by atoms with Crippen molar-refractivity contribution >= 4 is 18.0 Å². The molecular weight excluding hydrogens is 360 g/mol. The van der Waals surface area contributed by atoms with E-state index in [4.69, 9.17) is 9.84 Å². The van der Waals surface area contributed by atoms with E-state index in [9.17, 15) is 14.4 Å². The van der Waals surface area contributed by atoms with Crippen LogP contribution in [0, 0.1) is 0 Å². The number of fused-ring (bicyclic) bond motifs is 3. The van der Waals surface area contributed by atoms with Crippen LogP contribution in [0.2, 0.25) is 0 Å². The van der Waals surface area contributed by atoms with Crippen LogP contribution in [0.5, 0.6) is 0 Å². The molecule has 0 aliphatic heterocycles. The van der Waals surface area contributed by atoms with Crippen molar-refractivity contribution in [3.05, 3.63) is 59.7 Å². The highest BCUT2D eigenvalue weighted by Gasteiger charge is 2.29. The standard InChI is InChI=1S/C21H22N2O5/c1-12(19(24)22-13(2)20(25)26)23-21(27)28-11-18-16-9-5-3-7-14(16)15-8-4-6-10-17(15)18/h3-10,12-13,18H,11H2,1-2H3,(H,22,24)(H,23,27)(H,25,26)/t12-,13+/m1/s1. The molecular formula is C21H22N2O5. The average Bonchev–Trinajstić information content (AvgIpc) is 3.00. The predicted molar refractivity (Wildman–Crippen MR) is 103 cm³/mol. The number of hydrogen-bond donors (Lipinski definition) is 3. The van der Waals surface area contributed by atoms with Crippen molar-refractivity contribution in [2.45, 2.75) is 31.8 Å². The molecule has 0 unspecified atom stereocenters.